The number of anilines is 1. The highest BCUT2D eigenvalue weighted by Gasteiger charge is 2.31. The zero-order valence-corrected chi connectivity index (χ0v) is 8.46. The molecule has 0 aliphatic rings. The monoisotopic (exact) mass is 234 g/mol. The van der Waals surface area contributed by atoms with E-state index in [1.807, 2.05) is 0 Å². The van der Waals surface area contributed by atoms with Gasteiger partial charge in [-0.15, -0.1) is 0 Å². The first kappa shape index (κ1) is 12.8. The molecule has 5 N–H and O–H groups in total. The van der Waals surface area contributed by atoms with E-state index in [4.69, 9.17) is 16.6 Å². The van der Waals surface area contributed by atoms with Gasteiger partial charge >= 0.3 is 6.18 Å². The Bertz CT molecular complexity index is 366. The Kier molecular flexibility index (Phi) is 3.77. The van der Waals surface area contributed by atoms with Crippen molar-refractivity contribution in [3.8, 4) is 0 Å². The minimum Gasteiger partial charge on any atom is -0.399 e. The van der Waals surface area contributed by atoms with E-state index in [-0.39, 0.29) is 24.3 Å². The van der Waals surface area contributed by atoms with Gasteiger partial charge in [-0.3, -0.25) is 0 Å². The van der Waals surface area contributed by atoms with Crippen molar-refractivity contribution in [2.45, 2.75) is 18.6 Å². The highest BCUT2D eigenvalue weighted by Crippen LogP contribution is 2.32. The zero-order valence-electron chi connectivity index (χ0n) is 8.46. The van der Waals surface area contributed by atoms with Gasteiger partial charge in [0.15, 0.2) is 0 Å². The lowest BCUT2D eigenvalue weighted by molar-refractivity contribution is -0.137. The summed E-state index contributed by atoms with van der Waals surface area (Å²) < 4.78 is 37.4. The normalized spacial score (nSPS) is 13.8. The number of aliphatic hydroxyl groups excluding tert-OH is 1. The minimum absolute atomic E-state index is 0.0122. The summed E-state index contributed by atoms with van der Waals surface area (Å²) >= 11 is 0. The van der Waals surface area contributed by atoms with Crippen molar-refractivity contribution < 1.29 is 18.3 Å². The van der Waals surface area contributed by atoms with Crippen LogP contribution in [0.3, 0.4) is 0 Å². The van der Waals surface area contributed by atoms with Crippen LogP contribution in [0.1, 0.15) is 23.6 Å². The summed E-state index contributed by atoms with van der Waals surface area (Å²) in [6.07, 6.45) is -4.25. The number of nitrogens with two attached hydrogens (primary N) is 2. The molecule has 1 atom stereocenters. The lowest BCUT2D eigenvalue weighted by Gasteiger charge is -2.14. The quantitative estimate of drug-likeness (QED) is 0.696. The third-order valence-electron chi connectivity index (χ3n) is 2.17. The van der Waals surface area contributed by atoms with E-state index < -0.39 is 17.8 Å². The Balaban J connectivity index is 3.08. The van der Waals surface area contributed by atoms with Crippen LogP contribution in [0.2, 0.25) is 0 Å². The molecule has 0 unspecified atom stereocenters. The number of halogens is 3. The molecule has 1 rings (SSSR count). The lowest BCUT2D eigenvalue weighted by Crippen LogP contribution is -2.14. The summed E-state index contributed by atoms with van der Waals surface area (Å²) in [5.74, 6) is 0. The Hall–Kier alpha value is -1.27. The Morgan fingerprint density at radius 1 is 1.25 bits per heavy atom. The number of hydrogen-bond donors (Lipinski definition) is 3. The summed E-state index contributed by atoms with van der Waals surface area (Å²) in [5.41, 5.74) is 10.4. The molecule has 0 saturated carbocycles. The summed E-state index contributed by atoms with van der Waals surface area (Å²) in [6, 6.07) is 2.55. The molecule has 0 heterocycles. The van der Waals surface area contributed by atoms with Crippen molar-refractivity contribution in [1.82, 2.24) is 0 Å². The third kappa shape index (κ3) is 3.11. The van der Waals surface area contributed by atoms with Crippen molar-refractivity contribution in [1.29, 1.82) is 0 Å². The Labute approximate surface area is 90.9 Å². The van der Waals surface area contributed by atoms with Crippen LogP contribution < -0.4 is 11.5 Å². The van der Waals surface area contributed by atoms with Gasteiger partial charge in [0.05, 0.1) is 5.56 Å². The minimum atomic E-state index is -4.44. The van der Waals surface area contributed by atoms with E-state index in [1.54, 1.807) is 0 Å². The van der Waals surface area contributed by atoms with E-state index in [1.165, 1.54) is 6.07 Å². The molecule has 3 nitrogen and oxygen atoms in total. The SMILES string of the molecule is Nc1cc([C@H](N)CCO)cc(C(F)(F)F)c1. The third-order valence-corrected chi connectivity index (χ3v) is 2.17. The highest BCUT2D eigenvalue weighted by molar-refractivity contribution is 5.46. The lowest BCUT2D eigenvalue weighted by atomic mass is 10.0. The summed E-state index contributed by atoms with van der Waals surface area (Å²) in [7, 11) is 0. The van der Waals surface area contributed by atoms with Gasteiger partial charge in [-0.1, -0.05) is 0 Å². The van der Waals surface area contributed by atoms with Crippen LogP contribution in [0.4, 0.5) is 18.9 Å². The predicted molar refractivity (Wildman–Crippen MR) is 54.5 cm³/mol. The maximum atomic E-state index is 12.5. The Morgan fingerprint density at radius 2 is 1.88 bits per heavy atom. The summed E-state index contributed by atoms with van der Waals surface area (Å²) in [4.78, 5) is 0. The van der Waals surface area contributed by atoms with Gasteiger partial charge in [0.25, 0.3) is 0 Å². The van der Waals surface area contributed by atoms with Crippen LogP contribution in [0.25, 0.3) is 0 Å². The average molecular weight is 234 g/mol. The molecule has 0 fully saturated rings. The zero-order chi connectivity index (χ0) is 12.3. The molecule has 1 aromatic rings. The summed E-state index contributed by atoms with van der Waals surface area (Å²) in [5, 5.41) is 8.66. The van der Waals surface area contributed by atoms with Crippen molar-refractivity contribution >= 4 is 5.69 Å². The molecule has 0 aliphatic carbocycles. The van der Waals surface area contributed by atoms with Crippen molar-refractivity contribution in [2.24, 2.45) is 5.73 Å². The van der Waals surface area contributed by atoms with Crippen LogP contribution in [0, 0.1) is 0 Å². The van der Waals surface area contributed by atoms with Gasteiger partial charge in [0.1, 0.15) is 0 Å². The van der Waals surface area contributed by atoms with Crippen LogP contribution in [0.5, 0.6) is 0 Å². The topological polar surface area (TPSA) is 72.3 Å². The highest BCUT2D eigenvalue weighted by atomic mass is 19.4. The van der Waals surface area contributed by atoms with Crippen molar-refractivity contribution in [3.63, 3.8) is 0 Å². The molecule has 16 heavy (non-hydrogen) atoms. The van der Waals surface area contributed by atoms with E-state index in [2.05, 4.69) is 0 Å². The van der Waals surface area contributed by atoms with Crippen molar-refractivity contribution in [3.05, 3.63) is 29.3 Å². The second-order valence-electron chi connectivity index (χ2n) is 3.50. The molecule has 6 heteroatoms. The van der Waals surface area contributed by atoms with Crippen molar-refractivity contribution in [2.75, 3.05) is 12.3 Å². The van der Waals surface area contributed by atoms with Crippen LogP contribution >= 0.6 is 0 Å². The second kappa shape index (κ2) is 4.71. The van der Waals surface area contributed by atoms with E-state index >= 15 is 0 Å². The van der Waals surface area contributed by atoms with Gasteiger partial charge < -0.3 is 16.6 Å². The molecule has 0 aliphatic heterocycles. The van der Waals surface area contributed by atoms with Crippen LogP contribution in [-0.2, 0) is 6.18 Å². The first-order valence-electron chi connectivity index (χ1n) is 4.68. The van der Waals surface area contributed by atoms with E-state index in [9.17, 15) is 13.2 Å². The molecular formula is C10H13F3N2O. The standard InChI is InChI=1S/C10H13F3N2O/c11-10(12,13)7-3-6(4-8(14)5-7)9(15)1-2-16/h3-5,9,16H,1-2,14-15H2/t9-/m1/s1. The molecule has 0 saturated heterocycles. The molecule has 0 amide bonds. The molecular weight excluding hydrogens is 221 g/mol. The van der Waals surface area contributed by atoms with Gasteiger partial charge in [-0.2, -0.15) is 13.2 Å². The van der Waals surface area contributed by atoms with Gasteiger partial charge in [-0.25, -0.2) is 0 Å². The number of alkyl halides is 3. The second-order valence-corrected chi connectivity index (χ2v) is 3.50. The molecule has 0 aromatic heterocycles. The Morgan fingerprint density at radius 3 is 2.38 bits per heavy atom. The number of benzene rings is 1. The van der Waals surface area contributed by atoms with Crippen LogP contribution in [0.15, 0.2) is 18.2 Å². The molecule has 1 aromatic carbocycles. The smallest absolute Gasteiger partial charge is 0.399 e. The first-order chi connectivity index (χ1) is 7.34. The number of nitrogen functional groups attached to an aromatic ring is 1. The average Bonchev–Trinajstić information content (AvgIpc) is 2.16. The van der Waals surface area contributed by atoms with Gasteiger partial charge in [0, 0.05) is 18.3 Å². The van der Waals surface area contributed by atoms with Crippen LogP contribution in [-0.4, -0.2) is 11.7 Å². The largest absolute Gasteiger partial charge is 0.416 e. The molecule has 0 radical (unpaired) electrons. The fourth-order valence-corrected chi connectivity index (χ4v) is 1.36. The fraction of sp³-hybridized carbons (Fsp3) is 0.400. The maximum absolute atomic E-state index is 12.5. The molecule has 0 spiro atoms. The van der Waals surface area contributed by atoms with Gasteiger partial charge in [-0.05, 0) is 30.2 Å². The van der Waals surface area contributed by atoms with E-state index in [0.29, 0.717) is 0 Å². The summed E-state index contributed by atoms with van der Waals surface area (Å²) in [6.45, 7) is -0.183. The predicted octanol–water partition coefficient (Wildman–Crippen LogP) is 1.67. The van der Waals surface area contributed by atoms with Gasteiger partial charge in [0.2, 0.25) is 0 Å². The maximum Gasteiger partial charge on any atom is 0.416 e. The number of hydrogen-bond acceptors (Lipinski definition) is 3. The van der Waals surface area contributed by atoms with E-state index in [0.717, 1.165) is 12.1 Å². The molecule has 0 bridgehead atoms. The number of aliphatic hydroxyl groups is 1. The fourth-order valence-electron chi connectivity index (χ4n) is 1.36. The first-order valence-corrected chi connectivity index (χ1v) is 4.68. The number of rotatable bonds is 3. The molecule has 90 valence electrons.